The summed E-state index contributed by atoms with van der Waals surface area (Å²) in [5.41, 5.74) is 0.847. The monoisotopic (exact) mass is 326 g/mol. The fourth-order valence-corrected chi connectivity index (χ4v) is 2.77. The first-order chi connectivity index (χ1) is 11.7. The van der Waals surface area contributed by atoms with Gasteiger partial charge in [0.1, 0.15) is 11.7 Å². The molecule has 24 heavy (non-hydrogen) atoms. The van der Waals surface area contributed by atoms with Crippen molar-refractivity contribution < 1.29 is 19.1 Å². The Bertz CT molecular complexity index is 733. The van der Waals surface area contributed by atoms with Gasteiger partial charge in [-0.05, 0) is 30.7 Å². The maximum Gasteiger partial charge on any atom is 0.319 e. The van der Waals surface area contributed by atoms with Crippen LogP contribution in [-0.4, -0.2) is 30.0 Å². The first-order valence-corrected chi connectivity index (χ1v) is 7.82. The topological polar surface area (TPSA) is 77.5 Å². The first-order valence-electron chi connectivity index (χ1n) is 7.82. The third kappa shape index (κ3) is 3.37. The van der Waals surface area contributed by atoms with Gasteiger partial charge in [0.2, 0.25) is 11.8 Å². The highest BCUT2D eigenvalue weighted by molar-refractivity contribution is 6.00. The van der Waals surface area contributed by atoms with E-state index in [0.717, 1.165) is 5.56 Å². The van der Waals surface area contributed by atoms with E-state index in [4.69, 9.17) is 9.47 Å². The molecule has 0 bridgehead atoms. The Balaban J connectivity index is 1.82. The second-order valence-electron chi connectivity index (χ2n) is 5.42. The van der Waals surface area contributed by atoms with Gasteiger partial charge in [-0.3, -0.25) is 9.59 Å². The van der Waals surface area contributed by atoms with Gasteiger partial charge in [-0.2, -0.15) is 0 Å². The van der Waals surface area contributed by atoms with Gasteiger partial charge in [-0.25, -0.2) is 4.98 Å². The molecule has 1 saturated heterocycles. The van der Waals surface area contributed by atoms with Crippen molar-refractivity contribution in [3.8, 4) is 11.6 Å². The minimum absolute atomic E-state index is 0.248. The van der Waals surface area contributed by atoms with Gasteiger partial charge in [0.25, 0.3) is 0 Å². The molecule has 2 unspecified atom stereocenters. The Morgan fingerprint density at radius 1 is 1.29 bits per heavy atom. The van der Waals surface area contributed by atoms with Crippen LogP contribution >= 0.6 is 0 Å². The van der Waals surface area contributed by atoms with Crippen molar-refractivity contribution in [3.63, 3.8) is 0 Å². The van der Waals surface area contributed by atoms with Crippen LogP contribution in [0.4, 0.5) is 0 Å². The number of hydrogen-bond donors (Lipinski definition) is 1. The van der Waals surface area contributed by atoms with Crippen LogP contribution in [0.5, 0.6) is 11.6 Å². The van der Waals surface area contributed by atoms with E-state index in [1.807, 2.05) is 36.4 Å². The number of carbonyl (C=O) groups excluding carboxylic acids is 2. The Hall–Kier alpha value is -2.89. The van der Waals surface area contributed by atoms with Crippen molar-refractivity contribution in [3.05, 3.63) is 54.2 Å². The Morgan fingerprint density at radius 3 is 2.92 bits per heavy atom. The lowest BCUT2D eigenvalue weighted by molar-refractivity contribution is -0.151. The summed E-state index contributed by atoms with van der Waals surface area (Å²) in [5.74, 6) is -0.799. The van der Waals surface area contributed by atoms with Crippen molar-refractivity contribution in [1.82, 2.24) is 10.3 Å². The molecule has 3 rings (SSSR count). The van der Waals surface area contributed by atoms with Crippen LogP contribution in [0.3, 0.4) is 0 Å². The Kier molecular flexibility index (Phi) is 4.74. The van der Waals surface area contributed by atoms with Gasteiger partial charge in [0, 0.05) is 24.7 Å². The zero-order chi connectivity index (χ0) is 16.9. The van der Waals surface area contributed by atoms with Crippen molar-refractivity contribution in [2.24, 2.45) is 5.92 Å². The van der Waals surface area contributed by atoms with Crippen LogP contribution in [0.1, 0.15) is 18.4 Å². The average Bonchev–Trinajstić information content (AvgIpc) is 2.98. The molecule has 1 N–H and O–H groups in total. The van der Waals surface area contributed by atoms with E-state index in [0.29, 0.717) is 18.2 Å². The van der Waals surface area contributed by atoms with E-state index in [1.54, 1.807) is 19.2 Å². The minimum Gasteiger partial charge on any atom is -0.465 e. The quantitative estimate of drug-likeness (QED) is 0.674. The molecule has 2 heterocycles. The minimum atomic E-state index is -0.824. The van der Waals surface area contributed by atoms with Crippen molar-refractivity contribution in [2.45, 2.75) is 12.8 Å². The van der Waals surface area contributed by atoms with Gasteiger partial charge >= 0.3 is 5.97 Å². The maximum absolute atomic E-state index is 12.1. The fraction of sp³-hybridized carbons (Fsp3) is 0.278. The van der Waals surface area contributed by atoms with E-state index >= 15 is 0 Å². The van der Waals surface area contributed by atoms with Crippen LogP contribution in [0.15, 0.2) is 48.7 Å². The molecule has 6 heteroatoms. The number of aromatic nitrogens is 1. The molecule has 0 aliphatic carbocycles. The van der Waals surface area contributed by atoms with Crippen LogP contribution in [0.2, 0.25) is 0 Å². The molecule has 124 valence electrons. The van der Waals surface area contributed by atoms with E-state index in [-0.39, 0.29) is 18.4 Å². The summed E-state index contributed by atoms with van der Waals surface area (Å²) in [6.45, 7) is 2.37. The molecule has 0 radical (unpaired) electrons. The highest BCUT2D eigenvalue weighted by Gasteiger charge is 2.42. The second-order valence-corrected chi connectivity index (χ2v) is 5.42. The predicted molar refractivity (Wildman–Crippen MR) is 86.6 cm³/mol. The molecular formula is C18H18N2O4. The molecule has 0 spiro atoms. The zero-order valence-electron chi connectivity index (χ0n) is 13.3. The maximum atomic E-state index is 12.1. The summed E-state index contributed by atoms with van der Waals surface area (Å²) in [6, 6.07) is 12.7. The number of carbonyl (C=O) groups is 2. The number of nitrogens with zero attached hydrogens (tertiary/aromatic N) is 1. The standard InChI is InChI=1S/C18H18N2O4/c1-2-23-18(22)16-14(11-20-17(16)21)12-6-5-7-13(10-12)24-15-8-3-4-9-19-15/h3-10,14,16H,2,11H2,1H3,(H,20,21). The van der Waals surface area contributed by atoms with Crippen molar-refractivity contribution in [1.29, 1.82) is 0 Å². The van der Waals surface area contributed by atoms with Crippen LogP contribution in [-0.2, 0) is 14.3 Å². The summed E-state index contributed by atoms with van der Waals surface area (Å²) in [6.07, 6.45) is 1.65. The normalized spacial score (nSPS) is 19.6. The summed E-state index contributed by atoms with van der Waals surface area (Å²) in [7, 11) is 0. The molecule has 1 fully saturated rings. The Labute approximate surface area is 139 Å². The lowest BCUT2D eigenvalue weighted by Crippen LogP contribution is -2.28. The molecule has 1 aromatic heterocycles. The molecular weight excluding hydrogens is 308 g/mol. The van der Waals surface area contributed by atoms with Crippen LogP contribution in [0, 0.1) is 5.92 Å². The lowest BCUT2D eigenvalue weighted by atomic mass is 9.88. The summed E-state index contributed by atoms with van der Waals surface area (Å²) >= 11 is 0. The van der Waals surface area contributed by atoms with E-state index < -0.39 is 11.9 Å². The summed E-state index contributed by atoms with van der Waals surface area (Å²) < 4.78 is 10.7. The highest BCUT2D eigenvalue weighted by Crippen LogP contribution is 2.32. The zero-order valence-corrected chi connectivity index (χ0v) is 13.3. The van der Waals surface area contributed by atoms with Crippen LogP contribution < -0.4 is 10.1 Å². The predicted octanol–water partition coefficient (Wildman–Crippen LogP) is 2.27. The molecule has 1 aromatic carbocycles. The van der Waals surface area contributed by atoms with E-state index in [2.05, 4.69) is 10.3 Å². The van der Waals surface area contributed by atoms with Gasteiger partial charge < -0.3 is 14.8 Å². The van der Waals surface area contributed by atoms with E-state index in [1.165, 1.54) is 0 Å². The molecule has 1 amide bonds. The third-order valence-corrected chi connectivity index (χ3v) is 3.87. The van der Waals surface area contributed by atoms with Gasteiger partial charge in [0.15, 0.2) is 0 Å². The van der Waals surface area contributed by atoms with Gasteiger partial charge in [-0.1, -0.05) is 18.2 Å². The van der Waals surface area contributed by atoms with Crippen molar-refractivity contribution in [2.75, 3.05) is 13.2 Å². The molecule has 6 nitrogen and oxygen atoms in total. The molecule has 1 aliphatic heterocycles. The first kappa shape index (κ1) is 16.0. The molecule has 2 aromatic rings. The third-order valence-electron chi connectivity index (χ3n) is 3.87. The number of amides is 1. The van der Waals surface area contributed by atoms with E-state index in [9.17, 15) is 9.59 Å². The number of hydrogen-bond acceptors (Lipinski definition) is 5. The number of esters is 1. The second kappa shape index (κ2) is 7.12. The smallest absolute Gasteiger partial charge is 0.319 e. The average molecular weight is 326 g/mol. The summed E-state index contributed by atoms with van der Waals surface area (Å²) in [4.78, 5) is 28.2. The largest absolute Gasteiger partial charge is 0.465 e. The number of ether oxygens (including phenoxy) is 2. The van der Waals surface area contributed by atoms with Crippen molar-refractivity contribution >= 4 is 11.9 Å². The number of rotatable bonds is 5. The SMILES string of the molecule is CCOC(=O)C1C(=O)NCC1c1cccc(Oc2ccccn2)c1. The summed E-state index contributed by atoms with van der Waals surface area (Å²) in [5, 5.41) is 2.73. The molecule has 1 aliphatic rings. The van der Waals surface area contributed by atoms with Gasteiger partial charge in [-0.15, -0.1) is 0 Å². The number of benzene rings is 1. The molecule has 0 saturated carbocycles. The fourth-order valence-electron chi connectivity index (χ4n) is 2.77. The number of nitrogens with one attached hydrogen (secondary N) is 1. The van der Waals surface area contributed by atoms with Gasteiger partial charge in [0.05, 0.1) is 6.61 Å². The number of pyridine rings is 1. The Morgan fingerprint density at radius 2 is 2.17 bits per heavy atom. The van der Waals surface area contributed by atoms with Crippen LogP contribution in [0.25, 0.3) is 0 Å². The lowest BCUT2D eigenvalue weighted by Gasteiger charge is -2.16. The highest BCUT2D eigenvalue weighted by atomic mass is 16.5. The molecule has 2 atom stereocenters.